The van der Waals surface area contributed by atoms with Gasteiger partial charge >= 0.3 is 0 Å². The molecule has 0 bridgehead atoms. The van der Waals surface area contributed by atoms with Gasteiger partial charge < -0.3 is 23.8 Å². The van der Waals surface area contributed by atoms with Crippen LogP contribution in [0.25, 0.3) is 11.3 Å². The van der Waals surface area contributed by atoms with Gasteiger partial charge in [-0.15, -0.1) is 0 Å². The monoisotopic (exact) mass is 485 g/mol. The van der Waals surface area contributed by atoms with Crippen molar-refractivity contribution in [1.82, 2.24) is 15.1 Å². The molecule has 1 amide bonds. The van der Waals surface area contributed by atoms with Crippen molar-refractivity contribution in [2.24, 2.45) is 0 Å². The fraction of sp³-hybridized carbons (Fsp3) is 0.214. The highest BCUT2D eigenvalue weighted by atomic mass is 16.5. The van der Waals surface area contributed by atoms with Crippen molar-refractivity contribution in [3.63, 3.8) is 0 Å². The molecule has 0 saturated carbocycles. The van der Waals surface area contributed by atoms with Gasteiger partial charge in [0.25, 0.3) is 5.91 Å². The van der Waals surface area contributed by atoms with E-state index in [1.807, 2.05) is 71.6 Å². The number of amides is 1. The number of fused-ring (bicyclic) bond motifs is 1. The molecule has 1 N–H and O–H groups in total. The third kappa shape index (κ3) is 4.00. The Morgan fingerprint density at radius 2 is 1.44 bits per heavy atom. The lowest BCUT2D eigenvalue weighted by atomic mass is 9.95. The summed E-state index contributed by atoms with van der Waals surface area (Å²) in [7, 11) is 6.46. The molecule has 2 heterocycles. The predicted molar refractivity (Wildman–Crippen MR) is 135 cm³/mol. The van der Waals surface area contributed by atoms with Gasteiger partial charge in [0.1, 0.15) is 17.2 Å². The lowest BCUT2D eigenvalue weighted by Crippen LogP contribution is -2.29. The van der Waals surface area contributed by atoms with Crippen molar-refractivity contribution in [2.45, 2.75) is 12.6 Å². The zero-order valence-corrected chi connectivity index (χ0v) is 20.6. The van der Waals surface area contributed by atoms with Crippen molar-refractivity contribution in [1.29, 1.82) is 0 Å². The van der Waals surface area contributed by atoms with E-state index in [9.17, 15) is 4.79 Å². The van der Waals surface area contributed by atoms with E-state index >= 15 is 0 Å². The van der Waals surface area contributed by atoms with Gasteiger partial charge in [-0.2, -0.15) is 5.10 Å². The zero-order chi connectivity index (χ0) is 25.2. The number of aromatic nitrogens is 2. The number of carbonyl (C=O) groups is 1. The highest BCUT2D eigenvalue weighted by Gasteiger charge is 2.42. The van der Waals surface area contributed by atoms with Gasteiger partial charge in [-0.3, -0.25) is 9.89 Å². The summed E-state index contributed by atoms with van der Waals surface area (Å²) in [6, 6.07) is 20.7. The van der Waals surface area contributed by atoms with Crippen LogP contribution in [0.5, 0.6) is 23.0 Å². The van der Waals surface area contributed by atoms with Crippen LogP contribution >= 0.6 is 0 Å². The Morgan fingerprint density at radius 3 is 2.06 bits per heavy atom. The average Bonchev–Trinajstić information content (AvgIpc) is 3.47. The van der Waals surface area contributed by atoms with E-state index in [2.05, 4.69) is 10.2 Å². The van der Waals surface area contributed by atoms with Crippen LogP contribution in [0, 0.1) is 0 Å². The first-order valence-corrected chi connectivity index (χ1v) is 11.5. The van der Waals surface area contributed by atoms with Crippen LogP contribution in [0.3, 0.4) is 0 Å². The van der Waals surface area contributed by atoms with E-state index in [1.54, 1.807) is 28.4 Å². The van der Waals surface area contributed by atoms with E-state index in [0.717, 1.165) is 39.4 Å². The largest absolute Gasteiger partial charge is 0.497 e. The summed E-state index contributed by atoms with van der Waals surface area (Å²) in [4.78, 5) is 15.5. The number of hydrogen-bond acceptors (Lipinski definition) is 6. The predicted octanol–water partition coefficient (Wildman–Crippen LogP) is 4.86. The summed E-state index contributed by atoms with van der Waals surface area (Å²) in [6.45, 7) is 0.409. The second-order valence-corrected chi connectivity index (χ2v) is 8.39. The number of carbonyl (C=O) groups excluding carboxylic acids is 1. The topological polar surface area (TPSA) is 85.9 Å². The van der Waals surface area contributed by atoms with Crippen LogP contribution in [0.15, 0.2) is 66.7 Å². The van der Waals surface area contributed by atoms with Crippen molar-refractivity contribution < 1.29 is 23.7 Å². The quantitative estimate of drug-likeness (QED) is 0.384. The molecular formula is C28H27N3O5. The molecule has 1 aromatic heterocycles. The number of nitrogens with one attached hydrogen (secondary N) is 1. The number of nitrogens with zero attached hydrogens (tertiary/aromatic N) is 2. The summed E-state index contributed by atoms with van der Waals surface area (Å²) in [5, 5.41) is 7.54. The molecule has 3 aromatic carbocycles. The molecule has 184 valence electrons. The summed E-state index contributed by atoms with van der Waals surface area (Å²) in [5.41, 5.74) is 4.79. The van der Waals surface area contributed by atoms with Gasteiger partial charge in [0.15, 0.2) is 11.5 Å². The smallest absolute Gasteiger partial charge is 0.273 e. The first kappa shape index (κ1) is 23.3. The molecule has 8 nitrogen and oxygen atoms in total. The Labute approximate surface area is 209 Å². The lowest BCUT2D eigenvalue weighted by Gasteiger charge is -2.27. The van der Waals surface area contributed by atoms with E-state index in [4.69, 9.17) is 18.9 Å². The SMILES string of the molecule is COc1ccc(CN2C(=O)c3[nH]nc(-c4ccc(OC)cc4)c3C2c2ccc(OC)c(OC)c2)cc1. The van der Waals surface area contributed by atoms with Crippen LogP contribution in [0.2, 0.25) is 0 Å². The summed E-state index contributed by atoms with van der Waals surface area (Å²) >= 11 is 0. The Morgan fingerprint density at radius 1 is 0.806 bits per heavy atom. The second kappa shape index (κ2) is 9.65. The fourth-order valence-electron chi connectivity index (χ4n) is 4.63. The molecule has 5 rings (SSSR count). The van der Waals surface area contributed by atoms with Crippen molar-refractivity contribution in [3.8, 4) is 34.3 Å². The van der Waals surface area contributed by atoms with Crippen LogP contribution in [0.1, 0.15) is 33.2 Å². The maximum Gasteiger partial charge on any atom is 0.273 e. The minimum atomic E-state index is -0.384. The molecule has 0 radical (unpaired) electrons. The van der Waals surface area contributed by atoms with Gasteiger partial charge in [0.2, 0.25) is 0 Å². The molecule has 0 aliphatic carbocycles. The maximum atomic E-state index is 13.7. The number of methoxy groups -OCH3 is 4. The Kier molecular flexibility index (Phi) is 6.25. The first-order chi connectivity index (χ1) is 17.6. The van der Waals surface area contributed by atoms with Crippen LogP contribution in [0.4, 0.5) is 0 Å². The van der Waals surface area contributed by atoms with Gasteiger partial charge in [-0.1, -0.05) is 18.2 Å². The summed E-state index contributed by atoms with van der Waals surface area (Å²) in [6.07, 6.45) is 0. The standard InChI is InChI=1S/C28H27N3O5/c1-33-20-10-5-17(6-11-20)16-31-27(19-9-14-22(35-3)23(15-19)36-4)24-25(29-30-26(24)28(31)32)18-7-12-21(34-2)13-8-18/h5-15,27H,16H2,1-4H3,(H,29,30). The maximum absolute atomic E-state index is 13.7. The van der Waals surface area contributed by atoms with E-state index in [-0.39, 0.29) is 11.9 Å². The van der Waals surface area contributed by atoms with E-state index in [1.165, 1.54) is 0 Å². The van der Waals surface area contributed by atoms with E-state index in [0.29, 0.717) is 23.7 Å². The normalized spacial score (nSPS) is 14.5. The molecule has 1 aliphatic rings. The molecule has 8 heteroatoms. The highest BCUT2D eigenvalue weighted by molar-refractivity contribution is 6.00. The number of benzene rings is 3. The van der Waals surface area contributed by atoms with Crippen molar-refractivity contribution in [3.05, 3.63) is 89.1 Å². The minimum absolute atomic E-state index is 0.118. The van der Waals surface area contributed by atoms with Crippen molar-refractivity contribution >= 4 is 5.91 Å². The molecule has 4 aromatic rings. The van der Waals surface area contributed by atoms with Crippen LogP contribution in [-0.2, 0) is 6.54 Å². The molecule has 0 fully saturated rings. The molecule has 1 unspecified atom stereocenters. The van der Waals surface area contributed by atoms with Gasteiger partial charge in [-0.05, 0) is 59.7 Å². The number of aromatic amines is 1. The molecule has 0 spiro atoms. The molecule has 0 saturated heterocycles. The minimum Gasteiger partial charge on any atom is -0.497 e. The van der Waals surface area contributed by atoms with Gasteiger partial charge in [-0.25, -0.2) is 0 Å². The second-order valence-electron chi connectivity index (χ2n) is 8.39. The van der Waals surface area contributed by atoms with Crippen LogP contribution < -0.4 is 18.9 Å². The molecule has 1 atom stereocenters. The molecule has 1 aliphatic heterocycles. The zero-order valence-electron chi connectivity index (χ0n) is 20.6. The van der Waals surface area contributed by atoms with E-state index < -0.39 is 0 Å². The summed E-state index contributed by atoms with van der Waals surface area (Å²) < 4.78 is 21.6. The number of H-pyrrole nitrogens is 1. The Balaban J connectivity index is 1.62. The van der Waals surface area contributed by atoms with Crippen LogP contribution in [-0.4, -0.2) is 49.4 Å². The lowest BCUT2D eigenvalue weighted by molar-refractivity contribution is 0.0730. The Bertz CT molecular complexity index is 1380. The third-order valence-electron chi connectivity index (χ3n) is 6.46. The third-order valence-corrected chi connectivity index (χ3v) is 6.46. The molecule has 36 heavy (non-hydrogen) atoms. The number of rotatable bonds is 8. The van der Waals surface area contributed by atoms with Gasteiger partial charge in [0.05, 0.1) is 40.2 Å². The van der Waals surface area contributed by atoms with Gasteiger partial charge in [0, 0.05) is 17.7 Å². The fourth-order valence-corrected chi connectivity index (χ4v) is 4.63. The summed E-state index contributed by atoms with van der Waals surface area (Å²) in [5.74, 6) is 2.61. The number of ether oxygens (including phenoxy) is 4. The number of hydrogen-bond donors (Lipinski definition) is 1. The van der Waals surface area contributed by atoms with Crippen molar-refractivity contribution in [2.75, 3.05) is 28.4 Å². The average molecular weight is 486 g/mol. The first-order valence-electron chi connectivity index (χ1n) is 11.5. The highest BCUT2D eigenvalue weighted by Crippen LogP contribution is 2.45. The Hall–Kier alpha value is -4.46. The molecular weight excluding hydrogens is 458 g/mol.